The van der Waals surface area contributed by atoms with Crippen LogP contribution in [0.5, 0.6) is 0 Å². The molecule has 0 radical (unpaired) electrons. The number of aromatic nitrogens is 2. The summed E-state index contributed by atoms with van der Waals surface area (Å²) in [6.45, 7) is 0. The largest absolute Gasteiger partial charge is 0.386 e. The summed E-state index contributed by atoms with van der Waals surface area (Å²) in [7, 11) is 0. The van der Waals surface area contributed by atoms with Crippen LogP contribution in [-0.2, 0) is 0 Å². The van der Waals surface area contributed by atoms with Crippen LogP contribution in [-0.4, -0.2) is 21.3 Å². The van der Waals surface area contributed by atoms with Crippen LogP contribution < -0.4 is 5.73 Å². The standard InChI is InChI=1S/C7H9N3O3/c8-7(12)5-4(9-13-10-5)6(11)3-1-2-3/h3,6,11H,1-2H2,(H2,8,12). The van der Waals surface area contributed by atoms with Crippen molar-refractivity contribution in [2.75, 3.05) is 0 Å². The van der Waals surface area contributed by atoms with Gasteiger partial charge in [-0.3, -0.25) is 4.79 Å². The maximum absolute atomic E-state index is 10.8. The van der Waals surface area contributed by atoms with E-state index in [1.807, 2.05) is 0 Å². The number of carbonyl (C=O) groups excluding carboxylic acids is 1. The Hall–Kier alpha value is -1.43. The topological polar surface area (TPSA) is 102 Å². The summed E-state index contributed by atoms with van der Waals surface area (Å²) >= 11 is 0. The number of hydrogen-bond donors (Lipinski definition) is 2. The summed E-state index contributed by atoms with van der Waals surface area (Å²) in [5.74, 6) is -0.555. The first kappa shape index (κ1) is 8.18. The van der Waals surface area contributed by atoms with Crippen LogP contribution in [0.2, 0.25) is 0 Å². The van der Waals surface area contributed by atoms with Gasteiger partial charge in [0.15, 0.2) is 5.69 Å². The molecule has 1 aliphatic carbocycles. The normalized spacial score (nSPS) is 18.5. The van der Waals surface area contributed by atoms with Gasteiger partial charge in [0.25, 0.3) is 5.91 Å². The number of primary amides is 1. The Kier molecular flexibility index (Phi) is 1.77. The van der Waals surface area contributed by atoms with Crippen molar-refractivity contribution in [3.63, 3.8) is 0 Å². The van der Waals surface area contributed by atoms with E-state index >= 15 is 0 Å². The predicted octanol–water partition coefficient (Wildman–Crippen LogP) is -0.388. The zero-order valence-corrected chi connectivity index (χ0v) is 6.80. The van der Waals surface area contributed by atoms with Gasteiger partial charge in [0.1, 0.15) is 11.8 Å². The zero-order valence-electron chi connectivity index (χ0n) is 6.80. The molecule has 6 heteroatoms. The smallest absolute Gasteiger partial charge is 0.273 e. The van der Waals surface area contributed by atoms with Gasteiger partial charge in [-0.25, -0.2) is 4.63 Å². The van der Waals surface area contributed by atoms with Gasteiger partial charge >= 0.3 is 0 Å². The molecule has 3 N–H and O–H groups in total. The number of aliphatic hydroxyl groups excluding tert-OH is 1. The van der Waals surface area contributed by atoms with Gasteiger partial charge < -0.3 is 10.8 Å². The van der Waals surface area contributed by atoms with Crippen LogP contribution in [0.1, 0.15) is 35.1 Å². The Morgan fingerprint density at radius 1 is 1.62 bits per heavy atom. The van der Waals surface area contributed by atoms with E-state index in [9.17, 15) is 9.90 Å². The average molecular weight is 183 g/mol. The molecule has 1 aliphatic rings. The van der Waals surface area contributed by atoms with Crippen molar-refractivity contribution in [2.45, 2.75) is 18.9 Å². The molecular formula is C7H9N3O3. The molecule has 0 aromatic carbocycles. The summed E-state index contributed by atoms with van der Waals surface area (Å²) < 4.78 is 4.35. The summed E-state index contributed by atoms with van der Waals surface area (Å²) in [5, 5.41) is 16.4. The molecule has 1 amide bonds. The molecule has 1 unspecified atom stereocenters. The van der Waals surface area contributed by atoms with E-state index in [1.165, 1.54) is 0 Å². The third-order valence-corrected chi connectivity index (χ3v) is 2.10. The van der Waals surface area contributed by atoms with Crippen molar-refractivity contribution in [1.82, 2.24) is 10.3 Å². The number of hydrogen-bond acceptors (Lipinski definition) is 5. The predicted molar refractivity (Wildman–Crippen MR) is 40.5 cm³/mol. The van der Waals surface area contributed by atoms with Gasteiger partial charge in [-0.1, -0.05) is 5.16 Å². The highest BCUT2D eigenvalue weighted by atomic mass is 16.6. The number of nitrogens with zero attached hydrogens (tertiary/aromatic N) is 2. The molecule has 1 fully saturated rings. The van der Waals surface area contributed by atoms with Crippen molar-refractivity contribution < 1.29 is 14.5 Å². The molecule has 0 spiro atoms. The van der Waals surface area contributed by atoms with Crippen molar-refractivity contribution in [3.8, 4) is 0 Å². The minimum atomic E-state index is -0.770. The number of amides is 1. The Labute approximate surface area is 73.7 Å². The molecule has 1 atom stereocenters. The molecule has 70 valence electrons. The first-order valence-electron chi connectivity index (χ1n) is 4.00. The molecule has 2 rings (SSSR count). The van der Waals surface area contributed by atoms with Crippen molar-refractivity contribution in [1.29, 1.82) is 0 Å². The molecule has 1 heterocycles. The molecule has 13 heavy (non-hydrogen) atoms. The molecule has 0 bridgehead atoms. The lowest BCUT2D eigenvalue weighted by Crippen LogP contribution is -2.16. The van der Waals surface area contributed by atoms with Crippen LogP contribution in [0.25, 0.3) is 0 Å². The highest BCUT2D eigenvalue weighted by Crippen LogP contribution is 2.40. The lowest BCUT2D eigenvalue weighted by Gasteiger charge is -2.03. The second-order valence-corrected chi connectivity index (χ2v) is 3.14. The second kappa shape index (κ2) is 2.81. The van der Waals surface area contributed by atoms with E-state index in [4.69, 9.17) is 5.73 Å². The van der Waals surface area contributed by atoms with Gasteiger partial charge in [0, 0.05) is 0 Å². The van der Waals surface area contributed by atoms with Gasteiger partial charge in [-0.05, 0) is 23.9 Å². The van der Waals surface area contributed by atoms with Crippen molar-refractivity contribution in [3.05, 3.63) is 11.4 Å². The average Bonchev–Trinajstić information content (AvgIpc) is 2.80. The number of rotatable bonds is 3. The Balaban J connectivity index is 2.27. The Bertz CT molecular complexity index is 331. The Morgan fingerprint density at radius 2 is 2.31 bits per heavy atom. The van der Waals surface area contributed by atoms with E-state index < -0.39 is 12.0 Å². The fourth-order valence-corrected chi connectivity index (χ4v) is 1.20. The summed E-state index contributed by atoms with van der Waals surface area (Å²) in [6, 6.07) is 0. The van der Waals surface area contributed by atoms with Crippen molar-refractivity contribution >= 4 is 5.91 Å². The quantitative estimate of drug-likeness (QED) is 0.664. The molecule has 6 nitrogen and oxygen atoms in total. The molecule has 1 aromatic heterocycles. The summed E-state index contributed by atoms with van der Waals surface area (Å²) in [5.41, 5.74) is 5.10. The van der Waals surface area contributed by atoms with E-state index in [1.54, 1.807) is 0 Å². The monoisotopic (exact) mass is 183 g/mol. The third-order valence-electron chi connectivity index (χ3n) is 2.10. The first-order chi connectivity index (χ1) is 6.20. The molecule has 0 saturated heterocycles. The van der Waals surface area contributed by atoms with Gasteiger partial charge in [0.05, 0.1) is 0 Å². The zero-order chi connectivity index (χ0) is 9.42. The maximum atomic E-state index is 10.8. The van der Waals surface area contributed by atoms with Crippen LogP contribution in [0.3, 0.4) is 0 Å². The lowest BCUT2D eigenvalue weighted by molar-refractivity contribution is 0.0981. The van der Waals surface area contributed by atoms with E-state index in [-0.39, 0.29) is 17.3 Å². The molecule has 1 saturated carbocycles. The van der Waals surface area contributed by atoms with Crippen LogP contribution in [0, 0.1) is 5.92 Å². The highest BCUT2D eigenvalue weighted by molar-refractivity contribution is 5.91. The van der Waals surface area contributed by atoms with Crippen LogP contribution in [0.15, 0.2) is 4.63 Å². The minimum Gasteiger partial charge on any atom is -0.386 e. The van der Waals surface area contributed by atoms with Crippen LogP contribution in [0.4, 0.5) is 0 Å². The fraction of sp³-hybridized carbons (Fsp3) is 0.571. The Morgan fingerprint density at radius 3 is 2.85 bits per heavy atom. The van der Waals surface area contributed by atoms with Gasteiger partial charge in [-0.15, -0.1) is 0 Å². The lowest BCUT2D eigenvalue weighted by atomic mass is 10.1. The van der Waals surface area contributed by atoms with E-state index in [2.05, 4.69) is 14.9 Å². The SMILES string of the molecule is NC(=O)c1nonc1C(O)C1CC1. The maximum Gasteiger partial charge on any atom is 0.273 e. The molecule has 1 aromatic rings. The number of nitrogens with two attached hydrogens (primary N) is 1. The summed E-state index contributed by atoms with van der Waals surface area (Å²) in [4.78, 5) is 10.8. The van der Waals surface area contributed by atoms with E-state index in [0.717, 1.165) is 12.8 Å². The minimum absolute atomic E-state index is 0.0700. The second-order valence-electron chi connectivity index (χ2n) is 3.14. The van der Waals surface area contributed by atoms with Crippen molar-refractivity contribution in [2.24, 2.45) is 11.7 Å². The number of carbonyl (C=O) groups is 1. The fourth-order valence-electron chi connectivity index (χ4n) is 1.20. The molecular weight excluding hydrogens is 174 g/mol. The summed E-state index contributed by atoms with van der Waals surface area (Å²) in [6.07, 6.45) is 1.10. The third kappa shape index (κ3) is 1.40. The van der Waals surface area contributed by atoms with Gasteiger partial charge in [-0.2, -0.15) is 0 Å². The number of aliphatic hydroxyl groups is 1. The first-order valence-corrected chi connectivity index (χ1v) is 4.00. The molecule has 0 aliphatic heterocycles. The highest BCUT2D eigenvalue weighted by Gasteiger charge is 2.35. The van der Waals surface area contributed by atoms with E-state index in [0.29, 0.717) is 0 Å². The van der Waals surface area contributed by atoms with Gasteiger partial charge in [0.2, 0.25) is 0 Å². The van der Waals surface area contributed by atoms with Crippen LogP contribution >= 0.6 is 0 Å².